The van der Waals surface area contributed by atoms with Crippen molar-refractivity contribution in [3.05, 3.63) is 59.7 Å². The molecule has 5 nitrogen and oxygen atoms in total. The van der Waals surface area contributed by atoms with Crippen LogP contribution in [0.1, 0.15) is 25.0 Å². The number of carbonyl (C=O) groups is 1. The Bertz CT molecular complexity index is 751. The van der Waals surface area contributed by atoms with E-state index in [2.05, 4.69) is 5.32 Å². The average Bonchev–Trinajstić information content (AvgIpc) is 2.60. The summed E-state index contributed by atoms with van der Waals surface area (Å²) in [6, 6.07) is 11.9. The number of nitrogens with one attached hydrogen (secondary N) is 1. The zero-order chi connectivity index (χ0) is 18.9. The first-order valence-electron chi connectivity index (χ1n) is 8.63. The maximum absolute atomic E-state index is 11.9. The predicted octanol–water partition coefficient (Wildman–Crippen LogP) is 3.50. The molecule has 0 bridgehead atoms. The molecule has 2 rings (SSSR count). The van der Waals surface area contributed by atoms with Crippen molar-refractivity contribution < 1.29 is 19.7 Å². The molecule has 5 heteroatoms. The molecule has 0 atom stereocenters. The largest absolute Gasteiger partial charge is 0.508 e. The highest BCUT2D eigenvalue weighted by Crippen LogP contribution is 2.27. The lowest BCUT2D eigenvalue weighted by Crippen LogP contribution is -2.23. The standard InChI is InChI=1S/C21H25NO4/c1-15(2)14-26-20-9-5-17(13-19(20)24)6-10-21(25)22-12-11-16-3-7-18(23)8-4-16/h3-10,13,15,23-24H,11-12,14H2,1-2H3,(H,22,25)/b10-6+. The van der Waals surface area contributed by atoms with Crippen molar-refractivity contribution in [2.24, 2.45) is 5.92 Å². The van der Waals surface area contributed by atoms with Gasteiger partial charge in [0, 0.05) is 12.6 Å². The smallest absolute Gasteiger partial charge is 0.244 e. The number of hydrogen-bond acceptors (Lipinski definition) is 4. The summed E-state index contributed by atoms with van der Waals surface area (Å²) in [5.41, 5.74) is 1.75. The van der Waals surface area contributed by atoms with Gasteiger partial charge in [0.25, 0.3) is 0 Å². The molecule has 2 aromatic carbocycles. The third-order valence-corrected chi connectivity index (χ3v) is 3.63. The second kappa shape index (κ2) is 9.51. The highest BCUT2D eigenvalue weighted by Gasteiger charge is 2.04. The Morgan fingerprint density at radius 1 is 1.15 bits per heavy atom. The van der Waals surface area contributed by atoms with E-state index >= 15 is 0 Å². The molecule has 2 aromatic rings. The first kappa shape index (κ1) is 19.4. The lowest BCUT2D eigenvalue weighted by molar-refractivity contribution is -0.116. The average molecular weight is 355 g/mol. The Kier molecular flexibility index (Phi) is 7.09. The number of benzene rings is 2. The van der Waals surface area contributed by atoms with Gasteiger partial charge in [-0.05, 0) is 53.8 Å². The van der Waals surface area contributed by atoms with E-state index in [1.54, 1.807) is 36.4 Å². The zero-order valence-electron chi connectivity index (χ0n) is 15.1. The van der Waals surface area contributed by atoms with Crippen LogP contribution in [0.25, 0.3) is 6.08 Å². The lowest BCUT2D eigenvalue weighted by atomic mass is 10.1. The molecule has 0 unspecified atom stereocenters. The van der Waals surface area contributed by atoms with Crippen LogP contribution >= 0.6 is 0 Å². The van der Waals surface area contributed by atoms with Gasteiger partial charge in [-0.1, -0.05) is 32.0 Å². The molecule has 0 saturated heterocycles. The molecule has 0 fully saturated rings. The first-order chi connectivity index (χ1) is 12.4. The summed E-state index contributed by atoms with van der Waals surface area (Å²) < 4.78 is 5.51. The molecule has 0 heterocycles. The molecule has 0 spiro atoms. The van der Waals surface area contributed by atoms with Gasteiger partial charge in [0.2, 0.25) is 5.91 Å². The Labute approximate surface area is 153 Å². The summed E-state index contributed by atoms with van der Waals surface area (Å²) in [5, 5.41) is 22.0. The molecule has 0 radical (unpaired) electrons. The van der Waals surface area contributed by atoms with E-state index in [1.807, 2.05) is 26.0 Å². The van der Waals surface area contributed by atoms with Crippen LogP contribution in [0, 0.1) is 5.92 Å². The SMILES string of the molecule is CC(C)COc1ccc(/C=C/C(=O)NCCc2ccc(O)cc2)cc1O. The van der Waals surface area contributed by atoms with Crippen LogP contribution in [-0.2, 0) is 11.2 Å². The van der Waals surface area contributed by atoms with Crippen LogP contribution in [0.15, 0.2) is 48.5 Å². The summed E-state index contributed by atoms with van der Waals surface area (Å²) in [6.07, 6.45) is 3.75. The highest BCUT2D eigenvalue weighted by molar-refractivity contribution is 5.91. The zero-order valence-corrected chi connectivity index (χ0v) is 15.1. The number of ether oxygens (including phenoxy) is 1. The number of amides is 1. The number of aromatic hydroxyl groups is 2. The molecule has 3 N–H and O–H groups in total. The van der Waals surface area contributed by atoms with Gasteiger partial charge in [0.05, 0.1) is 6.61 Å². The van der Waals surface area contributed by atoms with E-state index in [0.717, 1.165) is 5.56 Å². The third kappa shape index (κ3) is 6.51. The van der Waals surface area contributed by atoms with E-state index in [-0.39, 0.29) is 17.4 Å². The summed E-state index contributed by atoms with van der Waals surface area (Å²) in [5.74, 6) is 0.891. The molecule has 0 aliphatic carbocycles. The minimum Gasteiger partial charge on any atom is -0.508 e. The third-order valence-electron chi connectivity index (χ3n) is 3.63. The number of phenols is 2. The van der Waals surface area contributed by atoms with E-state index in [9.17, 15) is 15.0 Å². The van der Waals surface area contributed by atoms with Crippen molar-refractivity contribution in [2.45, 2.75) is 20.3 Å². The van der Waals surface area contributed by atoms with Crippen LogP contribution in [0.3, 0.4) is 0 Å². The van der Waals surface area contributed by atoms with Gasteiger partial charge in [-0.3, -0.25) is 4.79 Å². The first-order valence-corrected chi connectivity index (χ1v) is 8.63. The number of carbonyl (C=O) groups excluding carboxylic acids is 1. The quantitative estimate of drug-likeness (QED) is 0.633. The highest BCUT2D eigenvalue weighted by atomic mass is 16.5. The molecule has 0 saturated carbocycles. The molecule has 26 heavy (non-hydrogen) atoms. The fourth-order valence-electron chi connectivity index (χ4n) is 2.24. The Morgan fingerprint density at radius 2 is 1.88 bits per heavy atom. The molecule has 0 aliphatic heterocycles. The van der Waals surface area contributed by atoms with E-state index in [1.165, 1.54) is 6.08 Å². The normalized spacial score (nSPS) is 11.0. The van der Waals surface area contributed by atoms with Gasteiger partial charge in [-0.2, -0.15) is 0 Å². The summed E-state index contributed by atoms with van der Waals surface area (Å²) in [6.45, 7) is 5.11. The van der Waals surface area contributed by atoms with Gasteiger partial charge in [-0.15, -0.1) is 0 Å². The van der Waals surface area contributed by atoms with Crippen LogP contribution < -0.4 is 10.1 Å². The molecule has 0 aliphatic rings. The van der Waals surface area contributed by atoms with Crippen molar-refractivity contribution in [1.82, 2.24) is 5.32 Å². The number of hydrogen-bond donors (Lipinski definition) is 3. The molecule has 0 aromatic heterocycles. The predicted molar refractivity (Wildman–Crippen MR) is 102 cm³/mol. The summed E-state index contributed by atoms with van der Waals surface area (Å²) >= 11 is 0. The van der Waals surface area contributed by atoms with Crippen molar-refractivity contribution >= 4 is 12.0 Å². The van der Waals surface area contributed by atoms with Crippen LogP contribution in [0.4, 0.5) is 0 Å². The van der Waals surface area contributed by atoms with Gasteiger partial charge in [-0.25, -0.2) is 0 Å². The maximum atomic E-state index is 11.9. The van der Waals surface area contributed by atoms with Crippen molar-refractivity contribution in [2.75, 3.05) is 13.2 Å². The van der Waals surface area contributed by atoms with E-state index in [4.69, 9.17) is 4.74 Å². The molecular formula is C21H25NO4. The molecule has 138 valence electrons. The van der Waals surface area contributed by atoms with Gasteiger partial charge < -0.3 is 20.3 Å². The van der Waals surface area contributed by atoms with Crippen LogP contribution in [-0.4, -0.2) is 29.3 Å². The minimum absolute atomic E-state index is 0.0561. The van der Waals surface area contributed by atoms with Crippen molar-refractivity contribution in [3.8, 4) is 17.2 Å². The fourth-order valence-corrected chi connectivity index (χ4v) is 2.24. The molecule has 1 amide bonds. The Morgan fingerprint density at radius 3 is 2.54 bits per heavy atom. The van der Waals surface area contributed by atoms with Crippen LogP contribution in [0.2, 0.25) is 0 Å². The minimum atomic E-state index is -0.205. The summed E-state index contributed by atoms with van der Waals surface area (Å²) in [4.78, 5) is 11.9. The summed E-state index contributed by atoms with van der Waals surface area (Å²) in [7, 11) is 0. The van der Waals surface area contributed by atoms with Crippen LogP contribution in [0.5, 0.6) is 17.2 Å². The monoisotopic (exact) mass is 355 g/mol. The second-order valence-electron chi connectivity index (χ2n) is 6.47. The lowest BCUT2D eigenvalue weighted by Gasteiger charge is -2.10. The number of phenolic OH excluding ortho intramolecular Hbond substituents is 2. The number of rotatable bonds is 8. The topological polar surface area (TPSA) is 78.8 Å². The van der Waals surface area contributed by atoms with Crippen molar-refractivity contribution in [3.63, 3.8) is 0 Å². The van der Waals surface area contributed by atoms with Crippen molar-refractivity contribution in [1.29, 1.82) is 0 Å². The van der Waals surface area contributed by atoms with Gasteiger partial charge in [0.15, 0.2) is 11.5 Å². The Balaban J connectivity index is 1.81. The molecular weight excluding hydrogens is 330 g/mol. The maximum Gasteiger partial charge on any atom is 0.244 e. The van der Waals surface area contributed by atoms with E-state index < -0.39 is 0 Å². The van der Waals surface area contributed by atoms with E-state index in [0.29, 0.717) is 36.8 Å². The van der Waals surface area contributed by atoms with Gasteiger partial charge >= 0.3 is 0 Å². The Hall–Kier alpha value is -2.95. The second-order valence-corrected chi connectivity index (χ2v) is 6.47. The van der Waals surface area contributed by atoms with Gasteiger partial charge in [0.1, 0.15) is 5.75 Å². The fraction of sp³-hybridized carbons (Fsp3) is 0.286.